The summed E-state index contributed by atoms with van der Waals surface area (Å²) in [7, 11) is 0. The molecule has 0 aromatic heterocycles. The molecule has 0 aliphatic carbocycles. The number of hydrogen-bond acceptors (Lipinski definition) is 8. The predicted molar refractivity (Wildman–Crippen MR) is 318 cm³/mol. The number of rotatable bonds is 56. The van der Waals surface area contributed by atoms with E-state index in [0.29, 0.717) is 6.42 Å². The minimum atomic E-state index is -1.57. The molecule has 1 amide bonds. The molecular weight excluding hydrogens is 935 g/mol. The molecule has 1 heterocycles. The van der Waals surface area contributed by atoms with Crippen LogP contribution < -0.4 is 5.32 Å². The van der Waals surface area contributed by atoms with E-state index in [1.165, 1.54) is 244 Å². The molecule has 0 aromatic rings. The monoisotopic (exact) mass is 1060 g/mol. The second kappa shape index (κ2) is 55.5. The van der Waals surface area contributed by atoms with Crippen molar-refractivity contribution in [1.29, 1.82) is 0 Å². The van der Waals surface area contributed by atoms with Gasteiger partial charge < -0.3 is 40.3 Å². The van der Waals surface area contributed by atoms with Crippen LogP contribution in [0.3, 0.4) is 0 Å². The van der Waals surface area contributed by atoms with Crippen LogP contribution in [-0.4, -0.2) is 87.5 Å². The van der Waals surface area contributed by atoms with Crippen LogP contribution in [0.1, 0.15) is 309 Å². The molecule has 9 nitrogen and oxygen atoms in total. The standard InChI is InChI=1S/C66H123NO8/c1-3-5-7-9-11-13-15-17-19-21-22-23-24-25-26-27-28-29-30-31-32-33-34-35-36-37-38-40-42-44-46-48-50-52-54-56-62(70)67-59(58-74-66-65(73)64(72)63(71)61(57-68)75-66)60(69)55-53-51-49-47-45-43-41-39-20-18-16-14-12-10-8-6-4-2/h24-25,27-28,45,47,53,55,59-61,63-66,68-69,71-73H,3-23,26,29-44,46,48-52,54,56-58H2,1-2H3,(H,67,70)/b25-24-,28-27-,47-45+,55-53+. The largest absolute Gasteiger partial charge is 0.394 e. The second-order valence-corrected chi connectivity index (χ2v) is 22.5. The van der Waals surface area contributed by atoms with E-state index in [9.17, 15) is 30.3 Å². The molecule has 9 heteroatoms. The molecule has 0 spiro atoms. The smallest absolute Gasteiger partial charge is 0.220 e. The maximum absolute atomic E-state index is 13.1. The summed E-state index contributed by atoms with van der Waals surface area (Å²) in [6.45, 7) is 3.79. The van der Waals surface area contributed by atoms with Crippen molar-refractivity contribution < 1.29 is 39.8 Å². The highest BCUT2D eigenvalue weighted by atomic mass is 16.7. The Kier molecular flexibility index (Phi) is 52.6. The van der Waals surface area contributed by atoms with Crippen molar-refractivity contribution in [3.8, 4) is 0 Å². The summed E-state index contributed by atoms with van der Waals surface area (Å²) in [6, 6.07) is -0.822. The first-order valence-electron chi connectivity index (χ1n) is 32.4. The summed E-state index contributed by atoms with van der Waals surface area (Å²) in [4.78, 5) is 13.1. The van der Waals surface area contributed by atoms with E-state index < -0.39 is 49.5 Å². The van der Waals surface area contributed by atoms with E-state index in [2.05, 4.69) is 55.6 Å². The van der Waals surface area contributed by atoms with Gasteiger partial charge in [-0.1, -0.05) is 287 Å². The van der Waals surface area contributed by atoms with Crippen LogP contribution in [-0.2, 0) is 14.3 Å². The number of carbonyl (C=O) groups is 1. The Bertz CT molecular complexity index is 1320. The fraction of sp³-hybridized carbons (Fsp3) is 0.864. The van der Waals surface area contributed by atoms with Gasteiger partial charge in [0.05, 0.1) is 25.4 Å². The van der Waals surface area contributed by atoms with Gasteiger partial charge >= 0.3 is 0 Å². The number of amides is 1. The van der Waals surface area contributed by atoms with Crippen LogP contribution in [0.5, 0.6) is 0 Å². The fourth-order valence-corrected chi connectivity index (χ4v) is 10.3. The van der Waals surface area contributed by atoms with Crippen LogP contribution in [0, 0.1) is 0 Å². The van der Waals surface area contributed by atoms with Gasteiger partial charge in [-0.25, -0.2) is 0 Å². The van der Waals surface area contributed by atoms with E-state index in [0.717, 1.165) is 44.9 Å². The molecule has 1 fully saturated rings. The van der Waals surface area contributed by atoms with Crippen molar-refractivity contribution in [1.82, 2.24) is 5.32 Å². The quantitative estimate of drug-likeness (QED) is 0.0261. The van der Waals surface area contributed by atoms with Crippen LogP contribution in [0.4, 0.5) is 0 Å². The van der Waals surface area contributed by atoms with Crippen molar-refractivity contribution in [3.05, 3.63) is 48.6 Å². The second-order valence-electron chi connectivity index (χ2n) is 22.5. The maximum atomic E-state index is 13.1. The van der Waals surface area contributed by atoms with Crippen LogP contribution in [0.2, 0.25) is 0 Å². The average molecular weight is 1060 g/mol. The Morgan fingerprint density at radius 1 is 0.453 bits per heavy atom. The molecule has 0 saturated carbocycles. The minimum absolute atomic E-state index is 0.183. The molecule has 0 radical (unpaired) electrons. The normalized spacial score (nSPS) is 19.2. The zero-order valence-corrected chi connectivity index (χ0v) is 49.1. The molecular formula is C66H123NO8. The molecule has 0 aromatic carbocycles. The van der Waals surface area contributed by atoms with Crippen molar-refractivity contribution in [2.45, 2.75) is 352 Å². The summed E-state index contributed by atoms with van der Waals surface area (Å²) < 4.78 is 11.3. The Balaban J connectivity index is 2.12. The third-order valence-corrected chi connectivity index (χ3v) is 15.4. The topological polar surface area (TPSA) is 149 Å². The number of aliphatic hydroxyl groups is 5. The van der Waals surface area contributed by atoms with E-state index in [1.807, 2.05) is 6.08 Å². The van der Waals surface area contributed by atoms with Gasteiger partial charge in [-0.2, -0.15) is 0 Å². The Hall–Kier alpha value is -1.85. The van der Waals surface area contributed by atoms with E-state index in [1.54, 1.807) is 6.08 Å². The summed E-state index contributed by atoms with van der Waals surface area (Å²) in [6.07, 6.45) is 67.8. The molecule has 1 rings (SSSR count). The zero-order valence-electron chi connectivity index (χ0n) is 49.1. The van der Waals surface area contributed by atoms with Gasteiger partial charge in [0.15, 0.2) is 6.29 Å². The molecule has 6 N–H and O–H groups in total. The number of hydrogen-bond donors (Lipinski definition) is 6. The zero-order chi connectivity index (χ0) is 54.3. The highest BCUT2D eigenvalue weighted by Crippen LogP contribution is 2.23. The summed E-state index contributed by atoms with van der Waals surface area (Å²) in [5.74, 6) is -0.183. The lowest BCUT2D eigenvalue weighted by atomic mass is 9.99. The Morgan fingerprint density at radius 2 is 0.800 bits per heavy atom. The molecule has 7 unspecified atom stereocenters. The maximum Gasteiger partial charge on any atom is 0.220 e. The molecule has 1 aliphatic heterocycles. The van der Waals surface area contributed by atoms with Gasteiger partial charge in [0, 0.05) is 6.42 Å². The number of nitrogens with one attached hydrogen (secondary N) is 1. The Morgan fingerprint density at radius 3 is 1.20 bits per heavy atom. The number of carbonyl (C=O) groups excluding carboxylic acids is 1. The first kappa shape index (κ1) is 71.2. The molecule has 0 bridgehead atoms. The van der Waals surface area contributed by atoms with Crippen LogP contribution >= 0.6 is 0 Å². The van der Waals surface area contributed by atoms with Gasteiger partial charge in [0.25, 0.3) is 0 Å². The van der Waals surface area contributed by atoms with Crippen LogP contribution in [0.25, 0.3) is 0 Å². The third kappa shape index (κ3) is 44.7. The lowest BCUT2D eigenvalue weighted by Crippen LogP contribution is -2.60. The fourth-order valence-electron chi connectivity index (χ4n) is 10.3. The summed E-state index contributed by atoms with van der Waals surface area (Å²) in [5, 5.41) is 54.5. The number of unbranched alkanes of at least 4 members (excludes halogenated alkanes) is 40. The van der Waals surface area contributed by atoms with E-state index >= 15 is 0 Å². The highest BCUT2D eigenvalue weighted by Gasteiger charge is 2.44. The van der Waals surface area contributed by atoms with E-state index in [4.69, 9.17) is 9.47 Å². The highest BCUT2D eigenvalue weighted by molar-refractivity contribution is 5.76. The minimum Gasteiger partial charge on any atom is -0.394 e. The van der Waals surface area contributed by atoms with Gasteiger partial charge in [0.2, 0.25) is 5.91 Å². The van der Waals surface area contributed by atoms with Gasteiger partial charge in [-0.15, -0.1) is 0 Å². The van der Waals surface area contributed by atoms with Crippen LogP contribution in [0.15, 0.2) is 48.6 Å². The van der Waals surface area contributed by atoms with Crippen molar-refractivity contribution in [2.24, 2.45) is 0 Å². The molecule has 75 heavy (non-hydrogen) atoms. The molecule has 1 saturated heterocycles. The summed E-state index contributed by atoms with van der Waals surface area (Å²) in [5.41, 5.74) is 0. The number of ether oxygens (including phenoxy) is 2. The Labute approximate surface area is 463 Å². The van der Waals surface area contributed by atoms with Crippen molar-refractivity contribution in [3.63, 3.8) is 0 Å². The lowest BCUT2D eigenvalue weighted by Gasteiger charge is -2.40. The van der Waals surface area contributed by atoms with Crippen molar-refractivity contribution in [2.75, 3.05) is 13.2 Å². The van der Waals surface area contributed by atoms with Gasteiger partial charge in [0.1, 0.15) is 24.4 Å². The van der Waals surface area contributed by atoms with Crippen molar-refractivity contribution >= 4 is 5.91 Å². The third-order valence-electron chi connectivity index (χ3n) is 15.4. The first-order valence-corrected chi connectivity index (χ1v) is 32.4. The molecule has 440 valence electrons. The average Bonchev–Trinajstić information content (AvgIpc) is 3.41. The lowest BCUT2D eigenvalue weighted by molar-refractivity contribution is -0.302. The number of aliphatic hydroxyl groups excluding tert-OH is 5. The molecule has 7 atom stereocenters. The SMILES string of the molecule is CCCCCCCCCCCCC/C=C\C/C=C\CCCCCCCCCCCCCCCCCCCC(=O)NC(COC1OC(CO)C(O)C(O)C1O)C(O)/C=C/CC/C=C/CCCCCCCCCCCCC. The van der Waals surface area contributed by atoms with E-state index in [-0.39, 0.29) is 12.5 Å². The number of allylic oxidation sites excluding steroid dienone is 7. The van der Waals surface area contributed by atoms with Gasteiger partial charge in [-0.05, 0) is 64.2 Å². The van der Waals surface area contributed by atoms with Gasteiger partial charge in [-0.3, -0.25) is 4.79 Å². The first-order chi connectivity index (χ1) is 36.8. The summed E-state index contributed by atoms with van der Waals surface area (Å²) >= 11 is 0. The molecule has 1 aliphatic rings. The predicted octanol–water partition coefficient (Wildman–Crippen LogP) is 16.9.